The molecule has 0 aliphatic rings. The molecule has 0 aliphatic heterocycles. The summed E-state index contributed by atoms with van der Waals surface area (Å²) in [5.41, 5.74) is 0.615. The first-order chi connectivity index (χ1) is 9.70. The average Bonchev–Trinajstić information content (AvgIpc) is 3.07. The normalized spacial score (nSPS) is 10.9. The van der Waals surface area contributed by atoms with Gasteiger partial charge in [-0.25, -0.2) is 13.8 Å². The number of halogens is 3. The van der Waals surface area contributed by atoms with Gasteiger partial charge in [-0.3, -0.25) is 0 Å². The van der Waals surface area contributed by atoms with Crippen LogP contribution in [0.4, 0.5) is 8.78 Å². The van der Waals surface area contributed by atoms with Crippen molar-refractivity contribution >= 4 is 34.3 Å². The molecule has 20 heavy (non-hydrogen) atoms. The number of rotatable bonds is 3. The summed E-state index contributed by atoms with van der Waals surface area (Å²) in [5, 5.41) is 2.25. The van der Waals surface area contributed by atoms with Crippen LogP contribution in [-0.4, -0.2) is 4.98 Å². The number of hydrogen-bond donors (Lipinski definition) is 0. The summed E-state index contributed by atoms with van der Waals surface area (Å²) in [4.78, 5) is 6.14. The summed E-state index contributed by atoms with van der Waals surface area (Å²) < 4.78 is 27.6. The van der Waals surface area contributed by atoms with Gasteiger partial charge in [0.1, 0.15) is 16.6 Å². The molecule has 0 spiro atoms. The van der Waals surface area contributed by atoms with Crippen molar-refractivity contribution in [2.75, 3.05) is 0 Å². The first-order valence-electron chi connectivity index (χ1n) is 5.74. The first-order valence-corrected chi connectivity index (χ1v) is 7.97. The molecule has 0 bridgehead atoms. The van der Waals surface area contributed by atoms with Crippen LogP contribution in [-0.2, 0) is 5.88 Å². The van der Waals surface area contributed by atoms with Crippen LogP contribution in [0.1, 0.15) is 4.88 Å². The van der Waals surface area contributed by atoms with Gasteiger partial charge in [-0.2, -0.15) is 0 Å². The van der Waals surface area contributed by atoms with E-state index in [2.05, 4.69) is 4.98 Å². The molecule has 0 saturated heterocycles. The van der Waals surface area contributed by atoms with Crippen molar-refractivity contribution in [2.24, 2.45) is 0 Å². The van der Waals surface area contributed by atoms with Crippen molar-refractivity contribution in [2.45, 2.75) is 5.88 Å². The zero-order valence-electron chi connectivity index (χ0n) is 10.1. The zero-order valence-corrected chi connectivity index (χ0v) is 12.5. The standard InChI is InChI=1S/C14H8ClF2NS2/c15-7-11-13(10-5-2-6-19-10)18-14(20-11)12-8(16)3-1-4-9(12)17/h1-6H,7H2. The van der Waals surface area contributed by atoms with Gasteiger partial charge in [-0.1, -0.05) is 12.1 Å². The molecular weight excluding hydrogens is 320 g/mol. The van der Waals surface area contributed by atoms with Gasteiger partial charge in [0, 0.05) is 4.88 Å². The predicted octanol–water partition coefficient (Wildman–Crippen LogP) is 5.56. The molecule has 1 nitrogen and oxygen atoms in total. The largest absolute Gasteiger partial charge is 0.235 e. The third-order valence-electron chi connectivity index (χ3n) is 2.75. The van der Waals surface area contributed by atoms with E-state index in [1.54, 1.807) is 0 Å². The molecule has 0 N–H and O–H groups in total. The minimum atomic E-state index is -0.613. The molecule has 0 fully saturated rings. The highest BCUT2D eigenvalue weighted by atomic mass is 35.5. The molecule has 0 radical (unpaired) electrons. The molecule has 1 aromatic carbocycles. The smallest absolute Gasteiger partial charge is 0.136 e. The van der Waals surface area contributed by atoms with Crippen LogP contribution in [0.5, 0.6) is 0 Å². The van der Waals surface area contributed by atoms with E-state index in [9.17, 15) is 8.78 Å². The molecule has 102 valence electrons. The molecule has 3 aromatic rings. The van der Waals surface area contributed by atoms with Crippen LogP contribution >= 0.6 is 34.3 Å². The third-order valence-corrected chi connectivity index (χ3v) is 5.13. The van der Waals surface area contributed by atoms with E-state index in [4.69, 9.17) is 11.6 Å². The van der Waals surface area contributed by atoms with Gasteiger partial charge in [0.2, 0.25) is 0 Å². The SMILES string of the molecule is Fc1cccc(F)c1-c1nc(-c2cccs2)c(CCl)s1. The fourth-order valence-electron chi connectivity index (χ4n) is 1.86. The first kappa shape index (κ1) is 13.7. The molecule has 0 saturated carbocycles. The fraction of sp³-hybridized carbons (Fsp3) is 0.0714. The highest BCUT2D eigenvalue weighted by molar-refractivity contribution is 7.17. The molecule has 0 unspecified atom stereocenters. The number of nitrogens with zero attached hydrogens (tertiary/aromatic N) is 1. The van der Waals surface area contributed by atoms with E-state index in [-0.39, 0.29) is 11.4 Å². The Morgan fingerprint density at radius 3 is 2.45 bits per heavy atom. The summed E-state index contributed by atoms with van der Waals surface area (Å²) in [6.07, 6.45) is 0. The molecule has 3 rings (SSSR count). The summed E-state index contributed by atoms with van der Waals surface area (Å²) >= 11 is 8.66. The number of thiophene rings is 1. The van der Waals surface area contributed by atoms with Gasteiger partial charge in [-0.05, 0) is 23.6 Å². The minimum Gasteiger partial charge on any atom is -0.235 e. The number of aromatic nitrogens is 1. The lowest BCUT2D eigenvalue weighted by atomic mass is 10.2. The molecule has 2 heterocycles. The Balaban J connectivity index is 2.17. The summed E-state index contributed by atoms with van der Waals surface area (Å²) in [6.45, 7) is 0. The molecule has 2 aromatic heterocycles. The van der Waals surface area contributed by atoms with Crippen molar-refractivity contribution in [3.63, 3.8) is 0 Å². The maximum absolute atomic E-state index is 13.8. The van der Waals surface area contributed by atoms with Crippen molar-refractivity contribution in [1.82, 2.24) is 4.98 Å². The Morgan fingerprint density at radius 1 is 1.10 bits per heavy atom. The van der Waals surface area contributed by atoms with Crippen LogP contribution < -0.4 is 0 Å². The highest BCUT2D eigenvalue weighted by Gasteiger charge is 2.19. The molecule has 6 heteroatoms. The second kappa shape index (κ2) is 5.60. The molecule has 0 atom stereocenters. The van der Waals surface area contributed by atoms with Crippen LogP contribution in [0.15, 0.2) is 35.7 Å². The average molecular weight is 328 g/mol. The number of hydrogen-bond acceptors (Lipinski definition) is 3. The lowest BCUT2D eigenvalue weighted by Gasteiger charge is -1.99. The zero-order chi connectivity index (χ0) is 14.1. The monoisotopic (exact) mass is 327 g/mol. The second-order valence-corrected chi connectivity index (χ2v) is 6.30. The number of benzene rings is 1. The van der Waals surface area contributed by atoms with E-state index in [0.29, 0.717) is 10.7 Å². The summed E-state index contributed by atoms with van der Waals surface area (Å²) in [5.74, 6) is -0.962. The van der Waals surface area contributed by atoms with Crippen molar-refractivity contribution in [1.29, 1.82) is 0 Å². The van der Waals surface area contributed by atoms with Crippen LogP contribution in [0, 0.1) is 11.6 Å². The van der Waals surface area contributed by atoms with Crippen LogP contribution in [0.3, 0.4) is 0 Å². The van der Waals surface area contributed by atoms with E-state index >= 15 is 0 Å². The lowest BCUT2D eigenvalue weighted by molar-refractivity contribution is 0.589. The third kappa shape index (κ3) is 2.37. The predicted molar refractivity (Wildman–Crippen MR) is 80.3 cm³/mol. The Morgan fingerprint density at radius 2 is 1.85 bits per heavy atom. The molecular formula is C14H8ClF2NS2. The summed E-state index contributed by atoms with van der Waals surface area (Å²) in [7, 11) is 0. The maximum atomic E-state index is 13.8. The van der Waals surface area contributed by atoms with E-state index in [0.717, 1.165) is 9.75 Å². The van der Waals surface area contributed by atoms with Gasteiger partial charge < -0.3 is 0 Å². The van der Waals surface area contributed by atoms with E-state index < -0.39 is 11.6 Å². The number of alkyl halides is 1. The van der Waals surface area contributed by atoms with E-state index in [1.807, 2.05) is 17.5 Å². The second-order valence-electron chi connectivity index (χ2n) is 4.00. The van der Waals surface area contributed by atoms with Gasteiger partial charge in [0.25, 0.3) is 0 Å². The Bertz CT molecular complexity index is 717. The van der Waals surface area contributed by atoms with Gasteiger partial charge in [0.05, 0.1) is 22.0 Å². The van der Waals surface area contributed by atoms with Gasteiger partial charge >= 0.3 is 0 Å². The molecule has 0 aliphatic carbocycles. The van der Waals surface area contributed by atoms with E-state index in [1.165, 1.54) is 40.9 Å². The quantitative estimate of drug-likeness (QED) is 0.574. The van der Waals surface area contributed by atoms with Gasteiger partial charge in [0.15, 0.2) is 0 Å². The number of thiazole rings is 1. The topological polar surface area (TPSA) is 12.9 Å². The van der Waals surface area contributed by atoms with Gasteiger partial charge in [-0.15, -0.1) is 34.3 Å². The van der Waals surface area contributed by atoms with Crippen molar-refractivity contribution in [3.05, 3.63) is 52.2 Å². The van der Waals surface area contributed by atoms with Crippen LogP contribution in [0.2, 0.25) is 0 Å². The fourth-order valence-corrected chi connectivity index (χ4v) is 3.93. The maximum Gasteiger partial charge on any atom is 0.136 e. The Labute approximate surface area is 127 Å². The Hall–Kier alpha value is -1.30. The lowest BCUT2D eigenvalue weighted by Crippen LogP contribution is -1.88. The highest BCUT2D eigenvalue weighted by Crippen LogP contribution is 2.38. The van der Waals surface area contributed by atoms with Crippen molar-refractivity contribution < 1.29 is 8.78 Å². The minimum absolute atomic E-state index is 0.0910. The Kier molecular flexibility index (Phi) is 3.83. The summed E-state index contributed by atoms with van der Waals surface area (Å²) in [6, 6.07) is 7.61. The van der Waals surface area contributed by atoms with Crippen molar-refractivity contribution in [3.8, 4) is 21.1 Å². The molecule has 0 amide bonds. The van der Waals surface area contributed by atoms with Crippen LogP contribution in [0.25, 0.3) is 21.1 Å².